The molecular formula is C15H21N3O4. The number of likely N-dealkylation sites (N-methyl/N-ethyl adjacent to an activating group) is 1. The first kappa shape index (κ1) is 16.2. The van der Waals surface area contributed by atoms with Crippen LogP contribution in [-0.2, 0) is 4.79 Å². The van der Waals surface area contributed by atoms with Crippen molar-refractivity contribution in [3.8, 4) is 0 Å². The van der Waals surface area contributed by atoms with Crippen molar-refractivity contribution in [2.24, 2.45) is 5.92 Å². The summed E-state index contributed by atoms with van der Waals surface area (Å²) in [7, 11) is 1.67. The van der Waals surface area contributed by atoms with Crippen LogP contribution in [0.1, 0.15) is 12.8 Å². The minimum Gasteiger partial charge on any atom is -0.396 e. The number of nitro groups is 1. The largest absolute Gasteiger partial charge is 0.396 e. The van der Waals surface area contributed by atoms with Crippen molar-refractivity contribution in [1.82, 2.24) is 4.90 Å². The molecule has 1 saturated heterocycles. The summed E-state index contributed by atoms with van der Waals surface area (Å²) in [6, 6.07) is 6.39. The van der Waals surface area contributed by atoms with Crippen molar-refractivity contribution in [2.75, 3.05) is 38.2 Å². The quantitative estimate of drug-likeness (QED) is 0.653. The lowest BCUT2D eigenvalue weighted by Crippen LogP contribution is -2.45. The van der Waals surface area contributed by atoms with Gasteiger partial charge in [0.15, 0.2) is 0 Å². The fourth-order valence-corrected chi connectivity index (χ4v) is 2.77. The zero-order chi connectivity index (χ0) is 16.1. The van der Waals surface area contributed by atoms with Gasteiger partial charge in [-0.2, -0.15) is 0 Å². The Hall–Kier alpha value is -2.15. The molecule has 0 aliphatic carbocycles. The predicted octanol–water partition coefficient (Wildman–Crippen LogP) is 1.26. The molecule has 1 aliphatic heterocycles. The van der Waals surface area contributed by atoms with E-state index in [0.717, 1.165) is 12.8 Å². The van der Waals surface area contributed by atoms with Gasteiger partial charge >= 0.3 is 0 Å². The van der Waals surface area contributed by atoms with Gasteiger partial charge in [0.25, 0.3) is 5.69 Å². The van der Waals surface area contributed by atoms with E-state index < -0.39 is 4.92 Å². The second kappa shape index (κ2) is 7.22. The molecule has 0 bridgehead atoms. The van der Waals surface area contributed by atoms with Crippen LogP contribution in [0, 0.1) is 16.0 Å². The maximum atomic E-state index is 12.4. The molecule has 1 atom stereocenters. The van der Waals surface area contributed by atoms with Gasteiger partial charge < -0.3 is 14.9 Å². The van der Waals surface area contributed by atoms with Crippen molar-refractivity contribution >= 4 is 17.3 Å². The number of anilines is 1. The van der Waals surface area contributed by atoms with Crippen LogP contribution in [0.4, 0.5) is 11.4 Å². The lowest BCUT2D eigenvalue weighted by molar-refractivity contribution is -0.384. The molecule has 7 nitrogen and oxygen atoms in total. The number of piperidine rings is 1. The van der Waals surface area contributed by atoms with Crippen LogP contribution in [-0.4, -0.2) is 54.1 Å². The molecule has 1 unspecified atom stereocenters. The standard InChI is InChI=1S/C15H21N3O4/c1-16(13-6-2-3-7-14(13)18(21)22)10-15(20)17-8-4-5-12(9-17)11-19/h2-3,6-7,12,19H,4-5,8-11H2,1H3. The van der Waals surface area contributed by atoms with Gasteiger partial charge in [0, 0.05) is 32.8 Å². The summed E-state index contributed by atoms with van der Waals surface area (Å²) in [5.41, 5.74) is 0.418. The molecule has 1 fully saturated rings. The Morgan fingerprint density at radius 3 is 2.91 bits per heavy atom. The molecule has 1 aliphatic rings. The van der Waals surface area contributed by atoms with E-state index in [1.807, 2.05) is 0 Å². The third kappa shape index (κ3) is 3.73. The molecule has 2 rings (SSSR count). The number of carbonyl (C=O) groups excluding carboxylic acids is 1. The van der Waals surface area contributed by atoms with Crippen molar-refractivity contribution in [3.05, 3.63) is 34.4 Å². The summed E-state index contributed by atoms with van der Waals surface area (Å²) >= 11 is 0. The molecule has 1 aromatic rings. The molecule has 1 amide bonds. The molecule has 0 radical (unpaired) electrons. The first-order valence-corrected chi connectivity index (χ1v) is 7.36. The summed E-state index contributed by atoms with van der Waals surface area (Å²) < 4.78 is 0. The third-order valence-corrected chi connectivity index (χ3v) is 3.99. The highest BCUT2D eigenvalue weighted by atomic mass is 16.6. The van der Waals surface area contributed by atoms with Gasteiger partial charge in [-0.15, -0.1) is 0 Å². The number of rotatable bonds is 5. The molecule has 120 valence electrons. The first-order chi connectivity index (χ1) is 10.5. The highest BCUT2D eigenvalue weighted by molar-refractivity contribution is 5.82. The maximum Gasteiger partial charge on any atom is 0.292 e. The molecular weight excluding hydrogens is 286 g/mol. The van der Waals surface area contributed by atoms with E-state index >= 15 is 0 Å². The lowest BCUT2D eigenvalue weighted by atomic mass is 9.99. The van der Waals surface area contributed by atoms with E-state index in [1.165, 1.54) is 6.07 Å². The Morgan fingerprint density at radius 1 is 1.50 bits per heavy atom. The molecule has 0 aromatic heterocycles. The second-order valence-electron chi connectivity index (χ2n) is 5.63. The number of aliphatic hydroxyl groups excluding tert-OH is 1. The number of hydrogen-bond acceptors (Lipinski definition) is 5. The summed E-state index contributed by atoms with van der Waals surface area (Å²) in [5.74, 6) is 0.0628. The van der Waals surface area contributed by atoms with Crippen LogP contribution in [0.25, 0.3) is 0 Å². The normalized spacial score (nSPS) is 18.1. The highest BCUT2D eigenvalue weighted by Gasteiger charge is 2.25. The number of likely N-dealkylation sites (tertiary alicyclic amines) is 1. The van der Waals surface area contributed by atoms with Crippen molar-refractivity contribution in [1.29, 1.82) is 0 Å². The summed E-state index contributed by atoms with van der Waals surface area (Å²) in [4.78, 5) is 26.3. The Kier molecular flexibility index (Phi) is 5.32. The van der Waals surface area contributed by atoms with Gasteiger partial charge in [-0.1, -0.05) is 12.1 Å². The molecule has 0 saturated carbocycles. The Bertz CT molecular complexity index is 549. The minimum atomic E-state index is -0.445. The zero-order valence-corrected chi connectivity index (χ0v) is 12.6. The Labute approximate surface area is 129 Å². The van der Waals surface area contributed by atoms with Crippen molar-refractivity contribution < 1.29 is 14.8 Å². The monoisotopic (exact) mass is 307 g/mol. The fourth-order valence-electron chi connectivity index (χ4n) is 2.77. The second-order valence-corrected chi connectivity index (χ2v) is 5.63. The number of hydrogen-bond donors (Lipinski definition) is 1. The van der Waals surface area contributed by atoms with Crippen LogP contribution in [0.5, 0.6) is 0 Å². The molecule has 22 heavy (non-hydrogen) atoms. The van der Waals surface area contributed by atoms with Gasteiger partial charge in [0.05, 0.1) is 11.5 Å². The average molecular weight is 307 g/mol. The van der Waals surface area contributed by atoms with Gasteiger partial charge in [0.2, 0.25) is 5.91 Å². The zero-order valence-electron chi connectivity index (χ0n) is 12.6. The van der Waals surface area contributed by atoms with Gasteiger partial charge in [-0.3, -0.25) is 14.9 Å². The van der Waals surface area contributed by atoms with Crippen LogP contribution in [0.15, 0.2) is 24.3 Å². The smallest absolute Gasteiger partial charge is 0.292 e. The van der Waals surface area contributed by atoms with Gasteiger partial charge in [-0.05, 0) is 24.8 Å². The van der Waals surface area contributed by atoms with E-state index in [-0.39, 0.29) is 30.7 Å². The molecule has 1 N–H and O–H groups in total. The van der Waals surface area contributed by atoms with Gasteiger partial charge in [0.1, 0.15) is 5.69 Å². The molecule has 0 spiro atoms. The molecule has 1 aromatic carbocycles. The first-order valence-electron chi connectivity index (χ1n) is 7.36. The van der Waals surface area contributed by atoms with Crippen LogP contribution in [0.2, 0.25) is 0 Å². The van der Waals surface area contributed by atoms with Crippen molar-refractivity contribution in [3.63, 3.8) is 0 Å². The Balaban J connectivity index is 2.04. The number of nitrogens with zero attached hydrogens (tertiary/aromatic N) is 3. The summed E-state index contributed by atoms with van der Waals surface area (Å²) in [5, 5.41) is 20.3. The van der Waals surface area contributed by atoms with E-state index in [9.17, 15) is 20.0 Å². The number of aliphatic hydroxyl groups is 1. The predicted molar refractivity (Wildman–Crippen MR) is 82.8 cm³/mol. The SMILES string of the molecule is CN(CC(=O)N1CCCC(CO)C1)c1ccccc1[N+](=O)[O-]. The third-order valence-electron chi connectivity index (χ3n) is 3.99. The number of carbonyl (C=O) groups is 1. The Morgan fingerprint density at radius 2 is 2.23 bits per heavy atom. The number of para-hydroxylation sites is 2. The van der Waals surface area contributed by atoms with Crippen LogP contribution in [0.3, 0.4) is 0 Å². The number of benzene rings is 1. The topological polar surface area (TPSA) is 86.9 Å². The maximum absolute atomic E-state index is 12.4. The van der Waals surface area contributed by atoms with Crippen molar-refractivity contribution in [2.45, 2.75) is 12.8 Å². The summed E-state index contributed by atoms with van der Waals surface area (Å²) in [6.07, 6.45) is 1.81. The van der Waals surface area contributed by atoms with E-state index in [2.05, 4.69) is 0 Å². The molecule has 7 heteroatoms. The van der Waals surface area contributed by atoms with E-state index in [4.69, 9.17) is 0 Å². The number of nitro benzene ring substituents is 1. The molecule has 1 heterocycles. The average Bonchev–Trinajstić information content (AvgIpc) is 2.54. The fraction of sp³-hybridized carbons (Fsp3) is 0.533. The van der Waals surface area contributed by atoms with Crippen LogP contribution < -0.4 is 4.90 Å². The van der Waals surface area contributed by atoms with Crippen LogP contribution >= 0.6 is 0 Å². The minimum absolute atomic E-state index is 0.00956. The summed E-state index contributed by atoms with van der Waals surface area (Å²) in [6.45, 7) is 1.41. The lowest BCUT2D eigenvalue weighted by Gasteiger charge is -2.33. The number of amides is 1. The van der Waals surface area contributed by atoms with Gasteiger partial charge in [-0.25, -0.2) is 0 Å². The highest BCUT2D eigenvalue weighted by Crippen LogP contribution is 2.26. The van der Waals surface area contributed by atoms with E-state index in [1.54, 1.807) is 35.0 Å². The van der Waals surface area contributed by atoms with E-state index in [0.29, 0.717) is 18.8 Å².